The van der Waals surface area contributed by atoms with Gasteiger partial charge in [-0.2, -0.15) is 4.98 Å². The fraction of sp³-hybridized carbons (Fsp3) is 0.471. The summed E-state index contributed by atoms with van der Waals surface area (Å²) in [5.74, 6) is 0.845. The molecule has 1 aliphatic rings. The summed E-state index contributed by atoms with van der Waals surface area (Å²) in [5, 5.41) is 9.61. The number of fused-ring (bicyclic) bond motifs is 1. The van der Waals surface area contributed by atoms with Crippen molar-refractivity contribution in [1.29, 1.82) is 0 Å². The van der Waals surface area contributed by atoms with E-state index in [1.54, 1.807) is 0 Å². The van der Waals surface area contributed by atoms with Gasteiger partial charge in [-0.15, -0.1) is 0 Å². The van der Waals surface area contributed by atoms with Gasteiger partial charge in [0.25, 0.3) is 0 Å². The van der Waals surface area contributed by atoms with Crippen LogP contribution in [0.3, 0.4) is 0 Å². The van der Waals surface area contributed by atoms with Crippen LogP contribution in [0.4, 0.5) is 4.79 Å². The molecule has 128 valence electrons. The highest BCUT2D eigenvalue weighted by Gasteiger charge is 2.23. The van der Waals surface area contributed by atoms with Crippen molar-refractivity contribution in [3.63, 3.8) is 0 Å². The third-order valence-electron chi connectivity index (χ3n) is 4.10. The Morgan fingerprint density at radius 3 is 3.12 bits per heavy atom. The quantitative estimate of drug-likeness (QED) is 0.850. The van der Waals surface area contributed by atoms with Crippen LogP contribution in [0.5, 0.6) is 0 Å². The van der Waals surface area contributed by atoms with Gasteiger partial charge >= 0.3 is 6.03 Å². The van der Waals surface area contributed by atoms with Crippen LogP contribution in [-0.2, 0) is 17.7 Å². The van der Waals surface area contributed by atoms with Crippen molar-refractivity contribution in [3.05, 3.63) is 47.1 Å². The summed E-state index contributed by atoms with van der Waals surface area (Å²) in [6.45, 7) is 4.53. The lowest BCUT2D eigenvalue weighted by molar-refractivity contribution is 0.0683. The van der Waals surface area contributed by atoms with Crippen molar-refractivity contribution in [3.8, 4) is 0 Å². The normalized spacial score (nSPS) is 17.3. The van der Waals surface area contributed by atoms with Gasteiger partial charge in [0.2, 0.25) is 5.89 Å². The molecule has 0 aliphatic heterocycles. The third-order valence-corrected chi connectivity index (χ3v) is 4.10. The van der Waals surface area contributed by atoms with Crippen LogP contribution < -0.4 is 10.6 Å². The Balaban J connectivity index is 1.50. The van der Waals surface area contributed by atoms with Gasteiger partial charge in [0.1, 0.15) is 6.10 Å². The summed E-state index contributed by atoms with van der Waals surface area (Å²) < 4.78 is 10.5. The van der Waals surface area contributed by atoms with Crippen LogP contribution in [-0.4, -0.2) is 22.8 Å². The predicted octanol–water partition coefficient (Wildman–Crippen LogP) is 2.65. The molecule has 3 rings (SSSR count). The first-order valence-corrected chi connectivity index (χ1v) is 8.23. The average Bonchev–Trinajstić information content (AvgIpc) is 3.21. The van der Waals surface area contributed by atoms with E-state index in [1.807, 2.05) is 26.0 Å². The summed E-state index contributed by atoms with van der Waals surface area (Å²) in [6, 6.07) is 8.00. The Hall–Kier alpha value is -2.41. The molecule has 1 aromatic carbocycles. The van der Waals surface area contributed by atoms with Crippen molar-refractivity contribution in [2.45, 2.75) is 45.4 Å². The molecule has 7 nitrogen and oxygen atoms in total. The Labute approximate surface area is 140 Å². The average molecular weight is 330 g/mol. The van der Waals surface area contributed by atoms with Crippen molar-refractivity contribution in [2.24, 2.45) is 0 Å². The Kier molecular flexibility index (Phi) is 5.10. The molecule has 2 N–H and O–H groups in total. The molecular formula is C17H22N4O3. The second-order valence-corrected chi connectivity index (χ2v) is 5.76. The van der Waals surface area contributed by atoms with E-state index < -0.39 is 0 Å². The van der Waals surface area contributed by atoms with Crippen LogP contribution in [0, 0.1) is 0 Å². The van der Waals surface area contributed by atoms with E-state index in [2.05, 4.69) is 32.9 Å². The second kappa shape index (κ2) is 7.44. The van der Waals surface area contributed by atoms with Crippen molar-refractivity contribution in [1.82, 2.24) is 20.8 Å². The standard InChI is InChI=1S/C17H22N4O3/c1-3-23-11(2)16-20-15(24-21-16)10-18-17(22)19-14-9-8-12-6-4-5-7-13(12)14/h4-7,11,14H,3,8-10H2,1-2H3,(H2,18,19,22)/t11-,14+/m1/s1. The van der Waals surface area contributed by atoms with Crippen LogP contribution >= 0.6 is 0 Å². The molecule has 0 fully saturated rings. The number of aromatic nitrogens is 2. The molecule has 1 aromatic heterocycles. The van der Waals surface area contributed by atoms with Crippen LogP contribution in [0.1, 0.15) is 55.3 Å². The van der Waals surface area contributed by atoms with E-state index in [4.69, 9.17) is 9.26 Å². The zero-order valence-electron chi connectivity index (χ0n) is 13.9. The lowest BCUT2D eigenvalue weighted by Crippen LogP contribution is -2.37. The minimum absolute atomic E-state index is 0.0532. The number of nitrogens with zero attached hydrogens (tertiary/aromatic N) is 2. The van der Waals surface area contributed by atoms with Crippen molar-refractivity contribution in [2.75, 3.05) is 6.61 Å². The van der Waals surface area contributed by atoms with Gasteiger partial charge in [-0.05, 0) is 37.8 Å². The maximum Gasteiger partial charge on any atom is 0.315 e. The fourth-order valence-corrected chi connectivity index (χ4v) is 2.90. The number of amides is 2. The lowest BCUT2D eigenvalue weighted by Gasteiger charge is -2.14. The molecule has 7 heteroatoms. The SMILES string of the molecule is CCO[C@H](C)c1noc(CNC(=O)N[C@H]2CCc3ccccc32)n1. The number of rotatable bonds is 6. The summed E-state index contributed by atoms with van der Waals surface area (Å²) in [6.07, 6.45) is 1.68. The first-order valence-electron chi connectivity index (χ1n) is 8.23. The predicted molar refractivity (Wildman–Crippen MR) is 87.2 cm³/mol. The third kappa shape index (κ3) is 3.73. The van der Waals surface area contributed by atoms with Crippen LogP contribution in [0.2, 0.25) is 0 Å². The van der Waals surface area contributed by atoms with Gasteiger partial charge in [-0.3, -0.25) is 0 Å². The monoisotopic (exact) mass is 330 g/mol. The molecule has 0 unspecified atom stereocenters. The highest BCUT2D eigenvalue weighted by molar-refractivity contribution is 5.74. The maximum absolute atomic E-state index is 12.1. The van der Waals surface area contributed by atoms with Gasteiger partial charge in [0.15, 0.2) is 5.82 Å². The molecule has 1 aliphatic carbocycles. The molecule has 0 spiro atoms. The van der Waals surface area contributed by atoms with Gasteiger partial charge in [-0.25, -0.2) is 4.79 Å². The second-order valence-electron chi connectivity index (χ2n) is 5.76. The molecule has 24 heavy (non-hydrogen) atoms. The van der Waals surface area contributed by atoms with Gasteiger partial charge in [0.05, 0.1) is 12.6 Å². The van der Waals surface area contributed by atoms with E-state index in [1.165, 1.54) is 11.1 Å². The molecular weight excluding hydrogens is 308 g/mol. The lowest BCUT2D eigenvalue weighted by atomic mass is 10.1. The number of urea groups is 1. The first-order chi connectivity index (χ1) is 11.7. The zero-order chi connectivity index (χ0) is 16.9. The van der Waals surface area contributed by atoms with Gasteiger partial charge < -0.3 is 19.9 Å². The molecule has 0 saturated heterocycles. The number of carbonyl (C=O) groups is 1. The van der Waals surface area contributed by atoms with E-state index >= 15 is 0 Å². The summed E-state index contributed by atoms with van der Waals surface area (Å²) in [5.41, 5.74) is 2.49. The summed E-state index contributed by atoms with van der Waals surface area (Å²) >= 11 is 0. The van der Waals surface area contributed by atoms with E-state index in [0.29, 0.717) is 18.3 Å². The molecule has 0 bridgehead atoms. The largest absolute Gasteiger partial charge is 0.371 e. The number of benzene rings is 1. The zero-order valence-corrected chi connectivity index (χ0v) is 13.9. The highest BCUT2D eigenvalue weighted by Crippen LogP contribution is 2.30. The molecule has 2 atom stereocenters. The molecule has 2 amide bonds. The molecule has 0 radical (unpaired) electrons. The minimum atomic E-state index is -0.241. The van der Waals surface area contributed by atoms with E-state index in [9.17, 15) is 4.79 Å². The van der Waals surface area contributed by atoms with E-state index in [-0.39, 0.29) is 24.7 Å². The Morgan fingerprint density at radius 1 is 1.46 bits per heavy atom. The fourth-order valence-electron chi connectivity index (χ4n) is 2.90. The summed E-state index contributed by atoms with van der Waals surface area (Å²) in [4.78, 5) is 16.3. The number of carbonyl (C=O) groups excluding carboxylic acids is 1. The minimum Gasteiger partial charge on any atom is -0.371 e. The number of hydrogen-bond acceptors (Lipinski definition) is 5. The highest BCUT2D eigenvalue weighted by atomic mass is 16.5. The summed E-state index contributed by atoms with van der Waals surface area (Å²) in [7, 11) is 0. The number of ether oxygens (including phenoxy) is 1. The molecule has 1 heterocycles. The number of aryl methyl sites for hydroxylation is 1. The Morgan fingerprint density at radius 2 is 2.29 bits per heavy atom. The smallest absolute Gasteiger partial charge is 0.315 e. The van der Waals surface area contributed by atoms with Crippen LogP contribution in [0.25, 0.3) is 0 Å². The van der Waals surface area contributed by atoms with Crippen LogP contribution in [0.15, 0.2) is 28.8 Å². The maximum atomic E-state index is 12.1. The Bertz CT molecular complexity index is 701. The topological polar surface area (TPSA) is 89.3 Å². The molecule has 0 saturated carbocycles. The first kappa shape index (κ1) is 16.4. The molecule has 2 aromatic rings. The van der Waals surface area contributed by atoms with Gasteiger partial charge in [0, 0.05) is 6.61 Å². The number of hydrogen-bond donors (Lipinski definition) is 2. The number of nitrogens with one attached hydrogen (secondary N) is 2. The van der Waals surface area contributed by atoms with Gasteiger partial charge in [-0.1, -0.05) is 29.4 Å². The van der Waals surface area contributed by atoms with Crippen molar-refractivity contribution >= 4 is 6.03 Å². The van der Waals surface area contributed by atoms with E-state index in [0.717, 1.165) is 12.8 Å². The van der Waals surface area contributed by atoms with Crippen molar-refractivity contribution < 1.29 is 14.1 Å².